The Balaban J connectivity index is 1.01. The van der Waals surface area contributed by atoms with E-state index in [2.05, 4.69) is 157 Å². The highest BCUT2D eigenvalue weighted by Gasteiger charge is 2.16. The summed E-state index contributed by atoms with van der Waals surface area (Å²) in [7, 11) is 0. The molecule has 230 valence electrons. The van der Waals surface area contributed by atoms with Crippen LogP contribution in [-0.2, 0) is 0 Å². The second kappa shape index (κ2) is 11.0. The van der Waals surface area contributed by atoms with Crippen LogP contribution in [0.3, 0.4) is 0 Å². The van der Waals surface area contributed by atoms with Crippen LogP contribution in [0.25, 0.3) is 76.9 Å². The third kappa shape index (κ3) is 4.51. The van der Waals surface area contributed by atoms with Crippen LogP contribution in [0.15, 0.2) is 185 Å². The molecule has 2 heterocycles. The van der Waals surface area contributed by atoms with Gasteiger partial charge in [-0.1, -0.05) is 115 Å². The van der Waals surface area contributed by atoms with Gasteiger partial charge in [0.15, 0.2) is 0 Å². The Morgan fingerprint density at radius 3 is 1.73 bits per heavy atom. The Morgan fingerprint density at radius 2 is 0.959 bits per heavy atom. The second-order valence-electron chi connectivity index (χ2n) is 12.5. The molecule has 3 heteroatoms. The monoisotopic (exact) mass is 627 g/mol. The van der Waals surface area contributed by atoms with E-state index in [0.717, 1.165) is 66.7 Å². The Bertz CT molecular complexity index is 2810. The van der Waals surface area contributed by atoms with Gasteiger partial charge in [-0.05, 0) is 88.1 Å². The molecule has 0 saturated heterocycles. The Morgan fingerprint density at radius 1 is 0.347 bits per heavy atom. The number of rotatable bonds is 5. The number of hydrogen-bond donors (Lipinski definition) is 0. The molecule has 0 bridgehead atoms. The number of nitrogens with zero attached hydrogens (tertiary/aromatic N) is 1. The van der Waals surface area contributed by atoms with E-state index in [9.17, 15) is 0 Å². The molecule has 0 spiro atoms. The first-order valence-corrected chi connectivity index (χ1v) is 16.6. The van der Waals surface area contributed by atoms with Gasteiger partial charge in [-0.25, -0.2) is 0 Å². The third-order valence-electron chi connectivity index (χ3n) is 9.67. The minimum atomic E-state index is 0.910. The molecular formula is C46H29NO2. The van der Waals surface area contributed by atoms with Crippen LogP contribution in [-0.4, -0.2) is 0 Å². The molecule has 10 aromatic rings. The molecular weight excluding hydrogens is 599 g/mol. The van der Waals surface area contributed by atoms with Crippen molar-refractivity contribution in [1.82, 2.24) is 0 Å². The SMILES string of the molecule is c1ccc(N(c2ccc(-c3ccc4c(ccc5oc6ccccc6c54)c3)cc2)c2ccc(-c3cccc4c3oc3ccccc34)cc2)cc1. The first kappa shape index (κ1) is 27.5. The van der Waals surface area contributed by atoms with Crippen LogP contribution in [0.2, 0.25) is 0 Å². The highest BCUT2D eigenvalue weighted by atomic mass is 16.3. The van der Waals surface area contributed by atoms with E-state index in [1.165, 1.54) is 27.3 Å². The average Bonchev–Trinajstić information content (AvgIpc) is 3.75. The number of hydrogen-bond acceptors (Lipinski definition) is 3. The van der Waals surface area contributed by atoms with Crippen LogP contribution < -0.4 is 4.90 Å². The third-order valence-corrected chi connectivity index (χ3v) is 9.67. The van der Waals surface area contributed by atoms with Crippen LogP contribution in [0.5, 0.6) is 0 Å². The lowest BCUT2D eigenvalue weighted by atomic mass is 9.98. The summed E-state index contributed by atoms with van der Waals surface area (Å²) in [5, 5.41) is 7.01. The zero-order valence-electron chi connectivity index (χ0n) is 26.5. The number of anilines is 3. The zero-order valence-corrected chi connectivity index (χ0v) is 26.5. The first-order valence-electron chi connectivity index (χ1n) is 16.6. The van der Waals surface area contributed by atoms with E-state index in [0.29, 0.717) is 0 Å². The maximum absolute atomic E-state index is 6.34. The number of para-hydroxylation sites is 4. The van der Waals surface area contributed by atoms with Gasteiger partial charge in [-0.3, -0.25) is 0 Å². The molecule has 0 atom stereocenters. The maximum Gasteiger partial charge on any atom is 0.143 e. The van der Waals surface area contributed by atoms with Gasteiger partial charge in [0.1, 0.15) is 22.3 Å². The molecule has 0 fully saturated rings. The van der Waals surface area contributed by atoms with Crippen molar-refractivity contribution >= 4 is 71.7 Å². The number of benzene rings is 8. The highest BCUT2D eigenvalue weighted by Crippen LogP contribution is 2.40. The molecule has 10 rings (SSSR count). The highest BCUT2D eigenvalue weighted by molar-refractivity contribution is 6.19. The van der Waals surface area contributed by atoms with Gasteiger partial charge in [-0.15, -0.1) is 0 Å². The van der Waals surface area contributed by atoms with E-state index < -0.39 is 0 Å². The molecule has 0 aliphatic carbocycles. The average molecular weight is 628 g/mol. The van der Waals surface area contributed by atoms with Crippen molar-refractivity contribution in [3.63, 3.8) is 0 Å². The summed E-state index contributed by atoms with van der Waals surface area (Å²) in [6.45, 7) is 0. The molecule has 2 aromatic heterocycles. The molecule has 0 amide bonds. The largest absolute Gasteiger partial charge is 0.456 e. The van der Waals surface area contributed by atoms with E-state index in [1.54, 1.807) is 0 Å². The lowest BCUT2D eigenvalue weighted by Gasteiger charge is -2.26. The molecule has 8 aromatic carbocycles. The molecule has 0 N–H and O–H groups in total. The van der Waals surface area contributed by atoms with Crippen LogP contribution >= 0.6 is 0 Å². The Hall–Kier alpha value is -6.58. The minimum absolute atomic E-state index is 0.910. The summed E-state index contributed by atoms with van der Waals surface area (Å²) in [4.78, 5) is 2.30. The van der Waals surface area contributed by atoms with Crippen molar-refractivity contribution < 1.29 is 8.83 Å². The molecule has 49 heavy (non-hydrogen) atoms. The van der Waals surface area contributed by atoms with Gasteiger partial charge in [0, 0.05) is 44.2 Å². The van der Waals surface area contributed by atoms with E-state index in [-0.39, 0.29) is 0 Å². The standard InChI is InChI=1S/C46H29NO2/c1-2-9-34(10-3-1)47(36-25-19-31(20-26-36)38-13-8-14-40-39-11-4-6-15-42(39)49-46(38)40)35-23-17-30(18-24-35)32-21-27-37-33(29-32)22-28-44-45(37)41-12-5-7-16-43(41)48-44/h1-29H. The lowest BCUT2D eigenvalue weighted by molar-refractivity contribution is 0.669. The van der Waals surface area contributed by atoms with E-state index in [4.69, 9.17) is 8.83 Å². The van der Waals surface area contributed by atoms with Crippen molar-refractivity contribution in [3.05, 3.63) is 176 Å². The summed E-state index contributed by atoms with van der Waals surface area (Å²) < 4.78 is 12.5. The summed E-state index contributed by atoms with van der Waals surface area (Å²) in [6.07, 6.45) is 0. The van der Waals surface area contributed by atoms with Crippen LogP contribution in [0.1, 0.15) is 0 Å². The smallest absolute Gasteiger partial charge is 0.143 e. The quantitative estimate of drug-likeness (QED) is 0.190. The van der Waals surface area contributed by atoms with Gasteiger partial charge in [0.05, 0.1) is 0 Å². The topological polar surface area (TPSA) is 29.5 Å². The summed E-state index contributed by atoms with van der Waals surface area (Å²) in [5.41, 5.74) is 11.5. The van der Waals surface area contributed by atoms with E-state index >= 15 is 0 Å². The maximum atomic E-state index is 6.34. The summed E-state index contributed by atoms with van der Waals surface area (Å²) >= 11 is 0. The molecule has 0 saturated carbocycles. The first-order chi connectivity index (χ1) is 24.3. The number of fused-ring (bicyclic) bond motifs is 8. The molecule has 0 unspecified atom stereocenters. The molecule has 0 aliphatic heterocycles. The molecule has 0 radical (unpaired) electrons. The molecule has 0 aliphatic rings. The van der Waals surface area contributed by atoms with Gasteiger partial charge < -0.3 is 13.7 Å². The number of furan rings is 2. The Kier molecular flexibility index (Phi) is 6.18. The van der Waals surface area contributed by atoms with Crippen molar-refractivity contribution in [2.45, 2.75) is 0 Å². The summed E-state index contributed by atoms with van der Waals surface area (Å²) in [6, 6.07) is 62.0. The van der Waals surface area contributed by atoms with Crippen LogP contribution in [0, 0.1) is 0 Å². The predicted octanol–water partition coefficient (Wildman–Crippen LogP) is 13.4. The van der Waals surface area contributed by atoms with Gasteiger partial charge in [0.2, 0.25) is 0 Å². The van der Waals surface area contributed by atoms with Crippen molar-refractivity contribution in [3.8, 4) is 22.3 Å². The van der Waals surface area contributed by atoms with E-state index in [1.807, 2.05) is 24.3 Å². The van der Waals surface area contributed by atoms with Crippen molar-refractivity contribution in [2.75, 3.05) is 4.90 Å². The van der Waals surface area contributed by atoms with Gasteiger partial charge in [-0.2, -0.15) is 0 Å². The van der Waals surface area contributed by atoms with Gasteiger partial charge in [0.25, 0.3) is 0 Å². The van der Waals surface area contributed by atoms with Crippen molar-refractivity contribution in [1.29, 1.82) is 0 Å². The summed E-state index contributed by atoms with van der Waals surface area (Å²) in [5.74, 6) is 0. The zero-order chi connectivity index (χ0) is 32.3. The lowest BCUT2D eigenvalue weighted by Crippen LogP contribution is -2.09. The fourth-order valence-electron chi connectivity index (χ4n) is 7.32. The molecule has 3 nitrogen and oxygen atoms in total. The second-order valence-corrected chi connectivity index (χ2v) is 12.5. The van der Waals surface area contributed by atoms with Crippen LogP contribution in [0.4, 0.5) is 17.1 Å². The minimum Gasteiger partial charge on any atom is -0.456 e. The fraction of sp³-hybridized carbons (Fsp3) is 0. The van der Waals surface area contributed by atoms with Gasteiger partial charge >= 0.3 is 0 Å². The normalized spacial score (nSPS) is 11.7. The fourth-order valence-corrected chi connectivity index (χ4v) is 7.32. The predicted molar refractivity (Wildman–Crippen MR) is 204 cm³/mol. The van der Waals surface area contributed by atoms with Crippen molar-refractivity contribution in [2.24, 2.45) is 0 Å². The Labute approximate surface area is 282 Å².